The fourth-order valence-electron chi connectivity index (χ4n) is 4.79. The summed E-state index contributed by atoms with van der Waals surface area (Å²) in [5.41, 5.74) is 3.29. The Morgan fingerprint density at radius 3 is 2.00 bits per heavy atom. The van der Waals surface area contributed by atoms with Crippen molar-refractivity contribution in [3.63, 3.8) is 0 Å². The molecule has 0 fully saturated rings. The molecule has 208 valence electrons. The highest BCUT2D eigenvalue weighted by Crippen LogP contribution is 2.45. The molecular formula is C26H27Cl4N5O3S. The topological polar surface area (TPSA) is 84.8 Å². The number of fused-ring (bicyclic) bond motifs is 2. The van der Waals surface area contributed by atoms with Crippen LogP contribution in [0.2, 0.25) is 20.1 Å². The molecule has 1 amide bonds. The monoisotopic (exact) mass is 629 g/mol. The normalized spacial score (nSPS) is 14.8. The first-order valence-electron chi connectivity index (χ1n) is 12.2. The minimum atomic E-state index is -3.85. The number of carbonyl (C=O) groups is 1. The van der Waals surface area contributed by atoms with Crippen molar-refractivity contribution in [1.29, 1.82) is 0 Å². The maximum absolute atomic E-state index is 12.6. The highest BCUT2D eigenvalue weighted by atomic mass is 35.5. The number of aromatic nitrogens is 2. The third kappa shape index (κ3) is 5.94. The number of nitrogens with zero attached hydrogens (tertiary/aromatic N) is 5. The second kappa shape index (κ2) is 11.7. The van der Waals surface area contributed by atoms with E-state index in [1.165, 1.54) is 0 Å². The first kappa shape index (κ1) is 29.7. The number of benzene rings is 2. The van der Waals surface area contributed by atoms with Gasteiger partial charge in [-0.2, -0.15) is 4.36 Å². The zero-order valence-corrected chi connectivity index (χ0v) is 25.6. The number of amides is 1. The zero-order valence-electron chi connectivity index (χ0n) is 21.8. The summed E-state index contributed by atoms with van der Waals surface area (Å²) in [6.07, 6.45) is 6.59. The number of halogens is 4. The third-order valence-corrected chi connectivity index (χ3v) is 8.28. The van der Waals surface area contributed by atoms with Crippen molar-refractivity contribution in [3.8, 4) is 0 Å². The van der Waals surface area contributed by atoms with E-state index in [0.29, 0.717) is 51.1 Å². The molecule has 0 saturated carbocycles. The van der Waals surface area contributed by atoms with Crippen LogP contribution < -0.4 is 14.4 Å². The quantitative estimate of drug-likeness (QED) is 0.277. The lowest BCUT2D eigenvalue weighted by Gasteiger charge is -2.23. The summed E-state index contributed by atoms with van der Waals surface area (Å²) in [6.45, 7) is 7.73. The summed E-state index contributed by atoms with van der Waals surface area (Å²) in [6, 6.07) is 7.12. The van der Waals surface area contributed by atoms with E-state index in [1.54, 1.807) is 16.7 Å². The summed E-state index contributed by atoms with van der Waals surface area (Å²) in [5.74, 6) is 0.781. The van der Waals surface area contributed by atoms with Crippen LogP contribution in [-0.2, 0) is 27.9 Å². The number of anilines is 2. The molecule has 3 aromatic rings. The Morgan fingerprint density at radius 2 is 1.49 bits per heavy atom. The summed E-state index contributed by atoms with van der Waals surface area (Å²) >= 11 is 25.3. The van der Waals surface area contributed by atoms with Gasteiger partial charge in [-0.25, -0.2) is 9.13 Å². The van der Waals surface area contributed by atoms with Gasteiger partial charge in [-0.3, -0.25) is 9.00 Å². The fourth-order valence-corrected chi connectivity index (χ4v) is 5.85. The largest absolute Gasteiger partial charge is 0.764 e. The molecule has 1 unspecified atom stereocenters. The van der Waals surface area contributed by atoms with Gasteiger partial charge in [-0.15, -0.1) is 0 Å². The summed E-state index contributed by atoms with van der Waals surface area (Å²) in [7, 11) is -3.85. The van der Waals surface area contributed by atoms with Crippen LogP contribution in [-0.4, -0.2) is 38.6 Å². The summed E-state index contributed by atoms with van der Waals surface area (Å²) in [4.78, 5) is 16.9. The number of allylic oxidation sites excluding steroid dienone is 2. The Labute approximate surface area is 248 Å². The lowest BCUT2D eigenvalue weighted by atomic mass is 10.2. The van der Waals surface area contributed by atoms with E-state index in [9.17, 15) is 13.6 Å². The molecule has 0 aliphatic carbocycles. The Morgan fingerprint density at radius 1 is 0.949 bits per heavy atom. The highest BCUT2D eigenvalue weighted by Gasteiger charge is 2.30. The SMILES string of the molecule is CCN1C(=CC=Cc2n(CC)c3cc(Cl)c(Cl)cc3[n+]2CC(=O)N=S(C)(=O)[O-])N(CC)c2cc(Cl)c(Cl)cc21. The fraction of sp³-hybridized carbons (Fsp3) is 0.308. The molecule has 2 heterocycles. The molecule has 0 radical (unpaired) electrons. The Kier molecular flexibility index (Phi) is 8.90. The van der Waals surface area contributed by atoms with Crippen LogP contribution in [0, 0.1) is 0 Å². The highest BCUT2D eigenvalue weighted by molar-refractivity contribution is 7.87. The number of hydrogen-bond donors (Lipinski definition) is 0. The van der Waals surface area contributed by atoms with Crippen LogP contribution in [0.15, 0.2) is 46.6 Å². The number of imidazole rings is 1. The lowest BCUT2D eigenvalue weighted by molar-refractivity contribution is -0.660. The van der Waals surface area contributed by atoms with Crippen LogP contribution in [0.5, 0.6) is 0 Å². The molecule has 2 aromatic carbocycles. The molecular weight excluding hydrogens is 604 g/mol. The Bertz CT molecular complexity index is 1610. The van der Waals surface area contributed by atoms with Gasteiger partial charge in [0.15, 0.2) is 17.6 Å². The first-order valence-corrected chi connectivity index (χ1v) is 15.6. The van der Waals surface area contributed by atoms with Crippen LogP contribution in [0.3, 0.4) is 0 Å². The number of hydrogen-bond acceptors (Lipinski definition) is 5. The van der Waals surface area contributed by atoms with E-state index in [-0.39, 0.29) is 6.54 Å². The van der Waals surface area contributed by atoms with E-state index in [2.05, 4.69) is 28.0 Å². The molecule has 1 atom stereocenters. The van der Waals surface area contributed by atoms with Gasteiger partial charge < -0.3 is 14.4 Å². The Balaban J connectivity index is 1.85. The molecule has 0 saturated heterocycles. The molecule has 0 spiro atoms. The molecule has 13 heteroatoms. The molecule has 0 bridgehead atoms. The van der Waals surface area contributed by atoms with Crippen molar-refractivity contribution in [3.05, 3.63) is 68.2 Å². The molecule has 1 aromatic heterocycles. The van der Waals surface area contributed by atoms with Gasteiger partial charge >= 0.3 is 0 Å². The van der Waals surface area contributed by atoms with Crippen LogP contribution in [0.1, 0.15) is 26.6 Å². The third-order valence-electron chi connectivity index (χ3n) is 6.30. The minimum Gasteiger partial charge on any atom is -0.764 e. The van der Waals surface area contributed by atoms with Gasteiger partial charge in [0.2, 0.25) is 0 Å². The molecule has 1 aliphatic rings. The van der Waals surface area contributed by atoms with E-state index < -0.39 is 15.9 Å². The van der Waals surface area contributed by atoms with Crippen molar-refractivity contribution in [1.82, 2.24) is 4.57 Å². The van der Waals surface area contributed by atoms with Crippen molar-refractivity contribution < 1.29 is 18.1 Å². The number of carbonyl (C=O) groups excluding carboxylic acids is 1. The predicted molar refractivity (Wildman–Crippen MR) is 160 cm³/mol. The van der Waals surface area contributed by atoms with Gasteiger partial charge in [0.05, 0.1) is 38.0 Å². The maximum atomic E-state index is 12.6. The summed E-state index contributed by atoms with van der Waals surface area (Å²) in [5, 5.41) is 1.65. The summed E-state index contributed by atoms with van der Waals surface area (Å²) < 4.78 is 30.2. The van der Waals surface area contributed by atoms with Gasteiger partial charge in [0.1, 0.15) is 5.82 Å². The van der Waals surface area contributed by atoms with E-state index in [1.807, 2.05) is 41.9 Å². The number of rotatable bonds is 7. The van der Waals surface area contributed by atoms with Crippen molar-refractivity contribution in [2.24, 2.45) is 4.36 Å². The van der Waals surface area contributed by atoms with E-state index in [4.69, 9.17) is 46.4 Å². The standard InChI is InChI=1S/C26H27Cl4N5O3S/c1-5-32-20-11-16(27)17(28)12-21(20)33(6-2)25(32)9-8-10-26-34(7-3)22-13-18(29)19(30)14-23(22)35(26)15-24(36)31-39(4,37)38/h8-14H,5-7,15H2,1-4H3. The minimum absolute atomic E-state index is 0.296. The van der Waals surface area contributed by atoms with Gasteiger partial charge in [0.25, 0.3) is 11.7 Å². The molecule has 39 heavy (non-hydrogen) atoms. The number of aryl methyl sites for hydroxylation is 1. The van der Waals surface area contributed by atoms with Gasteiger partial charge in [0, 0.05) is 37.6 Å². The molecule has 8 nitrogen and oxygen atoms in total. The second-order valence-corrected chi connectivity index (χ2v) is 12.1. The van der Waals surface area contributed by atoms with Crippen molar-refractivity contribution in [2.75, 3.05) is 29.1 Å². The average molecular weight is 631 g/mol. The van der Waals surface area contributed by atoms with E-state index >= 15 is 0 Å². The first-order chi connectivity index (χ1) is 18.4. The lowest BCUT2D eigenvalue weighted by Crippen LogP contribution is -2.40. The van der Waals surface area contributed by atoms with Crippen LogP contribution in [0.25, 0.3) is 17.1 Å². The molecule has 1 aliphatic heterocycles. The van der Waals surface area contributed by atoms with Gasteiger partial charge in [-0.05, 0) is 49.0 Å². The molecule has 0 N–H and O–H groups in total. The average Bonchev–Trinajstić information content (AvgIpc) is 3.29. The molecule has 4 rings (SSSR count). The smallest absolute Gasteiger partial charge is 0.295 e. The second-order valence-electron chi connectivity index (χ2n) is 8.79. The Hall–Kier alpha value is -2.27. The van der Waals surface area contributed by atoms with Crippen LogP contribution in [0.4, 0.5) is 11.4 Å². The van der Waals surface area contributed by atoms with Crippen molar-refractivity contribution in [2.45, 2.75) is 33.9 Å². The van der Waals surface area contributed by atoms with Crippen LogP contribution >= 0.6 is 46.4 Å². The van der Waals surface area contributed by atoms with Crippen molar-refractivity contribution >= 4 is 90.8 Å². The maximum Gasteiger partial charge on any atom is 0.295 e. The van der Waals surface area contributed by atoms with E-state index in [0.717, 1.165) is 29.0 Å². The van der Waals surface area contributed by atoms with Gasteiger partial charge in [-0.1, -0.05) is 52.5 Å². The zero-order chi connectivity index (χ0) is 28.6. The predicted octanol–water partition coefficient (Wildman–Crippen LogP) is 6.54.